The van der Waals surface area contributed by atoms with Gasteiger partial charge in [-0.05, 0) is 49.1 Å². The minimum atomic E-state index is -0.192. The van der Waals surface area contributed by atoms with E-state index in [-0.39, 0.29) is 5.91 Å². The Balaban J connectivity index is 1.56. The molecule has 0 spiro atoms. The standard InChI is InChI=1S/C21H21ClN4O/c1-14-4-3-5-15(2)19(14)26-21-24-12-17(13-25-21)20(27)23-11-10-16-6-8-18(22)9-7-16/h3-9,12-13H,10-11H2,1-2H3,(H,23,27)(H,24,25,26). The maximum Gasteiger partial charge on any atom is 0.254 e. The second-order valence-electron chi connectivity index (χ2n) is 6.32. The molecule has 0 radical (unpaired) electrons. The smallest absolute Gasteiger partial charge is 0.254 e. The highest BCUT2D eigenvalue weighted by Gasteiger charge is 2.08. The average Bonchev–Trinajstić information content (AvgIpc) is 2.67. The number of aromatic nitrogens is 2. The van der Waals surface area contributed by atoms with Gasteiger partial charge in [-0.15, -0.1) is 0 Å². The van der Waals surface area contributed by atoms with Gasteiger partial charge in [-0.25, -0.2) is 9.97 Å². The lowest BCUT2D eigenvalue weighted by molar-refractivity contribution is 0.0953. The largest absolute Gasteiger partial charge is 0.352 e. The van der Waals surface area contributed by atoms with Gasteiger partial charge in [0.15, 0.2) is 0 Å². The second kappa shape index (κ2) is 8.64. The zero-order valence-electron chi connectivity index (χ0n) is 15.3. The van der Waals surface area contributed by atoms with E-state index in [1.54, 1.807) is 0 Å². The number of carbonyl (C=O) groups excluding carboxylic acids is 1. The van der Waals surface area contributed by atoms with Gasteiger partial charge in [0.25, 0.3) is 5.91 Å². The third kappa shape index (κ3) is 5.05. The summed E-state index contributed by atoms with van der Waals surface area (Å²) in [5, 5.41) is 6.79. The number of benzene rings is 2. The fraction of sp³-hybridized carbons (Fsp3) is 0.190. The van der Waals surface area contributed by atoms with Crippen molar-refractivity contribution in [3.05, 3.63) is 82.1 Å². The molecule has 0 bridgehead atoms. The molecule has 27 heavy (non-hydrogen) atoms. The minimum Gasteiger partial charge on any atom is -0.352 e. The van der Waals surface area contributed by atoms with Crippen molar-refractivity contribution in [2.24, 2.45) is 0 Å². The van der Waals surface area contributed by atoms with Gasteiger partial charge in [-0.1, -0.05) is 41.9 Å². The first kappa shape index (κ1) is 18.9. The summed E-state index contributed by atoms with van der Waals surface area (Å²) in [4.78, 5) is 20.7. The molecule has 2 N–H and O–H groups in total. The SMILES string of the molecule is Cc1cccc(C)c1Nc1ncc(C(=O)NCCc2ccc(Cl)cc2)cn1. The van der Waals surface area contributed by atoms with Gasteiger partial charge in [0.2, 0.25) is 5.95 Å². The number of rotatable bonds is 6. The summed E-state index contributed by atoms with van der Waals surface area (Å²) >= 11 is 5.87. The molecule has 1 heterocycles. The first-order valence-corrected chi connectivity index (χ1v) is 9.08. The number of carbonyl (C=O) groups is 1. The first-order valence-electron chi connectivity index (χ1n) is 8.71. The summed E-state index contributed by atoms with van der Waals surface area (Å²) in [6, 6.07) is 13.6. The lowest BCUT2D eigenvalue weighted by Gasteiger charge is -2.11. The molecule has 0 fully saturated rings. The molecular weight excluding hydrogens is 360 g/mol. The summed E-state index contributed by atoms with van der Waals surface area (Å²) in [5.41, 5.74) is 4.75. The summed E-state index contributed by atoms with van der Waals surface area (Å²) in [6.45, 7) is 4.58. The van der Waals surface area contributed by atoms with Crippen molar-refractivity contribution >= 4 is 29.1 Å². The predicted octanol–water partition coefficient (Wildman–Crippen LogP) is 4.46. The van der Waals surface area contributed by atoms with Gasteiger partial charge in [0, 0.05) is 29.6 Å². The average molecular weight is 381 g/mol. The van der Waals surface area contributed by atoms with Crippen LogP contribution in [0.4, 0.5) is 11.6 Å². The summed E-state index contributed by atoms with van der Waals surface area (Å²) < 4.78 is 0. The fourth-order valence-corrected chi connectivity index (χ4v) is 2.83. The highest BCUT2D eigenvalue weighted by molar-refractivity contribution is 6.30. The minimum absolute atomic E-state index is 0.192. The predicted molar refractivity (Wildman–Crippen MR) is 109 cm³/mol. The van der Waals surface area contributed by atoms with E-state index in [4.69, 9.17) is 11.6 Å². The number of nitrogens with one attached hydrogen (secondary N) is 2. The third-order valence-electron chi connectivity index (χ3n) is 4.24. The van der Waals surface area contributed by atoms with Crippen molar-refractivity contribution in [1.82, 2.24) is 15.3 Å². The Bertz CT molecular complexity index is 904. The van der Waals surface area contributed by atoms with E-state index >= 15 is 0 Å². The van der Waals surface area contributed by atoms with Crippen LogP contribution < -0.4 is 10.6 Å². The summed E-state index contributed by atoms with van der Waals surface area (Å²) in [7, 11) is 0. The van der Waals surface area contributed by atoms with E-state index in [2.05, 4.69) is 20.6 Å². The van der Waals surface area contributed by atoms with Crippen molar-refractivity contribution in [3.63, 3.8) is 0 Å². The van der Waals surface area contributed by atoms with Crippen LogP contribution in [0.15, 0.2) is 54.9 Å². The Morgan fingerprint density at radius 3 is 2.26 bits per heavy atom. The zero-order valence-corrected chi connectivity index (χ0v) is 16.0. The Morgan fingerprint density at radius 1 is 1.00 bits per heavy atom. The molecule has 0 aliphatic carbocycles. The molecular formula is C21H21ClN4O. The Hall–Kier alpha value is -2.92. The Kier molecular flexibility index (Phi) is 6.04. The van der Waals surface area contributed by atoms with Crippen LogP contribution >= 0.6 is 11.6 Å². The lowest BCUT2D eigenvalue weighted by atomic mass is 10.1. The van der Waals surface area contributed by atoms with Crippen LogP contribution in [0, 0.1) is 13.8 Å². The molecule has 1 amide bonds. The molecule has 3 rings (SSSR count). The van der Waals surface area contributed by atoms with Crippen LogP contribution in [0.1, 0.15) is 27.0 Å². The van der Waals surface area contributed by atoms with E-state index in [9.17, 15) is 4.79 Å². The van der Waals surface area contributed by atoms with Crippen molar-refractivity contribution in [1.29, 1.82) is 0 Å². The molecule has 5 nitrogen and oxygen atoms in total. The molecule has 138 valence electrons. The number of nitrogens with zero attached hydrogens (tertiary/aromatic N) is 2. The van der Waals surface area contributed by atoms with Gasteiger partial charge in [-0.3, -0.25) is 4.79 Å². The van der Waals surface area contributed by atoms with Gasteiger partial charge in [-0.2, -0.15) is 0 Å². The summed E-state index contributed by atoms with van der Waals surface area (Å²) in [5.74, 6) is 0.271. The zero-order chi connectivity index (χ0) is 19.2. The number of hydrogen-bond donors (Lipinski definition) is 2. The van der Waals surface area contributed by atoms with Gasteiger partial charge >= 0.3 is 0 Å². The number of para-hydroxylation sites is 1. The second-order valence-corrected chi connectivity index (χ2v) is 6.76. The van der Waals surface area contributed by atoms with Gasteiger partial charge in [0.1, 0.15) is 0 Å². The molecule has 0 saturated carbocycles. The van der Waals surface area contributed by atoms with Crippen LogP contribution in [0.25, 0.3) is 0 Å². The maximum atomic E-state index is 12.2. The van der Waals surface area contributed by atoms with E-state index in [1.165, 1.54) is 12.4 Å². The lowest BCUT2D eigenvalue weighted by Crippen LogP contribution is -2.26. The molecule has 0 atom stereocenters. The molecule has 1 aromatic heterocycles. The fourth-order valence-electron chi connectivity index (χ4n) is 2.71. The van der Waals surface area contributed by atoms with Crippen molar-refractivity contribution in [2.75, 3.05) is 11.9 Å². The molecule has 2 aromatic carbocycles. The summed E-state index contributed by atoms with van der Waals surface area (Å²) in [6.07, 6.45) is 3.79. The van der Waals surface area contributed by atoms with Gasteiger partial charge < -0.3 is 10.6 Å². The topological polar surface area (TPSA) is 66.9 Å². The van der Waals surface area contributed by atoms with E-state index in [0.717, 1.165) is 28.8 Å². The molecule has 0 aliphatic rings. The number of aryl methyl sites for hydroxylation is 2. The molecule has 0 saturated heterocycles. The highest BCUT2D eigenvalue weighted by Crippen LogP contribution is 2.22. The maximum absolute atomic E-state index is 12.2. The molecule has 6 heteroatoms. The van der Waals surface area contributed by atoms with E-state index in [1.807, 2.05) is 56.3 Å². The van der Waals surface area contributed by atoms with Crippen LogP contribution in [0.3, 0.4) is 0 Å². The molecule has 3 aromatic rings. The van der Waals surface area contributed by atoms with E-state index < -0.39 is 0 Å². The van der Waals surface area contributed by atoms with Crippen molar-refractivity contribution < 1.29 is 4.79 Å². The third-order valence-corrected chi connectivity index (χ3v) is 4.50. The Morgan fingerprint density at radius 2 is 1.63 bits per heavy atom. The monoisotopic (exact) mass is 380 g/mol. The number of halogens is 1. The Labute approximate surface area is 163 Å². The van der Waals surface area contributed by atoms with E-state index in [0.29, 0.717) is 23.1 Å². The van der Waals surface area contributed by atoms with Crippen LogP contribution in [0.5, 0.6) is 0 Å². The number of hydrogen-bond acceptors (Lipinski definition) is 4. The normalized spacial score (nSPS) is 10.5. The van der Waals surface area contributed by atoms with Crippen molar-refractivity contribution in [3.8, 4) is 0 Å². The number of anilines is 2. The van der Waals surface area contributed by atoms with Gasteiger partial charge in [0.05, 0.1) is 5.56 Å². The molecule has 0 unspecified atom stereocenters. The quantitative estimate of drug-likeness (QED) is 0.662. The van der Waals surface area contributed by atoms with Crippen LogP contribution in [0.2, 0.25) is 5.02 Å². The number of amides is 1. The first-order chi connectivity index (χ1) is 13.0. The molecule has 0 aliphatic heterocycles. The van der Waals surface area contributed by atoms with Crippen LogP contribution in [-0.2, 0) is 6.42 Å². The van der Waals surface area contributed by atoms with Crippen LogP contribution in [-0.4, -0.2) is 22.4 Å². The van der Waals surface area contributed by atoms with Crippen molar-refractivity contribution in [2.45, 2.75) is 20.3 Å². The highest BCUT2D eigenvalue weighted by atomic mass is 35.5.